The Bertz CT molecular complexity index is 1430. The molecule has 0 bridgehead atoms. The second kappa shape index (κ2) is 11.4. The number of ether oxygens (including phenoxy) is 2. The van der Waals surface area contributed by atoms with Gasteiger partial charge in [0.05, 0.1) is 5.92 Å². The van der Waals surface area contributed by atoms with E-state index in [9.17, 15) is 9.59 Å². The van der Waals surface area contributed by atoms with E-state index in [0.29, 0.717) is 17.1 Å². The highest BCUT2D eigenvalue weighted by molar-refractivity contribution is 8.01. The van der Waals surface area contributed by atoms with Gasteiger partial charge in [0, 0.05) is 41.7 Å². The van der Waals surface area contributed by atoms with Crippen LogP contribution >= 0.6 is 11.9 Å². The quantitative estimate of drug-likeness (QED) is 0.301. The fourth-order valence-electron chi connectivity index (χ4n) is 4.29. The van der Waals surface area contributed by atoms with Crippen LogP contribution in [0.4, 0.5) is 0 Å². The molecule has 0 aliphatic carbocycles. The molecule has 3 aromatic rings. The number of carbonyl (C=O) groups excluding carboxylic acids is 2. The number of amides is 2. The van der Waals surface area contributed by atoms with Crippen molar-refractivity contribution in [3.05, 3.63) is 94.1 Å². The molecule has 192 valence electrons. The van der Waals surface area contributed by atoms with Crippen LogP contribution in [0.3, 0.4) is 0 Å². The zero-order valence-electron chi connectivity index (χ0n) is 21.6. The van der Waals surface area contributed by atoms with E-state index in [1.165, 1.54) is 11.9 Å². The van der Waals surface area contributed by atoms with Crippen LogP contribution in [0, 0.1) is 0 Å². The van der Waals surface area contributed by atoms with E-state index in [4.69, 9.17) is 9.47 Å². The molecule has 0 saturated heterocycles. The SMILES string of the molecule is C\C=C/C(C)=C\C=C(/C)SNC(=O)C(c1ccc2c(c1)OCO2)c1cn(C)c2cc(C(=O)NC)ccc12. The Balaban J connectivity index is 1.71. The zero-order valence-corrected chi connectivity index (χ0v) is 22.4. The number of fused-ring (bicyclic) bond motifs is 2. The summed E-state index contributed by atoms with van der Waals surface area (Å²) >= 11 is 1.29. The summed E-state index contributed by atoms with van der Waals surface area (Å²) in [6.07, 6.45) is 9.96. The molecule has 0 radical (unpaired) electrons. The second-order valence-electron chi connectivity index (χ2n) is 8.81. The number of allylic oxidation sites excluding steroid dienone is 6. The summed E-state index contributed by atoms with van der Waals surface area (Å²) < 4.78 is 16.0. The van der Waals surface area contributed by atoms with Crippen LogP contribution in [-0.4, -0.2) is 30.2 Å². The Labute approximate surface area is 221 Å². The molecule has 1 aliphatic heterocycles. The molecule has 7 nitrogen and oxygen atoms in total. The average Bonchev–Trinajstić information content (AvgIpc) is 3.50. The van der Waals surface area contributed by atoms with E-state index >= 15 is 0 Å². The first-order valence-corrected chi connectivity index (χ1v) is 12.8. The fraction of sp³-hybridized carbons (Fsp3) is 0.241. The van der Waals surface area contributed by atoms with E-state index in [1.54, 1.807) is 13.1 Å². The maximum Gasteiger partial charge on any atom is 0.251 e. The molecule has 0 fully saturated rings. The Morgan fingerprint density at radius 1 is 1.08 bits per heavy atom. The van der Waals surface area contributed by atoms with Gasteiger partial charge in [-0.15, -0.1) is 0 Å². The van der Waals surface area contributed by atoms with Gasteiger partial charge in [-0.1, -0.05) is 42.0 Å². The van der Waals surface area contributed by atoms with E-state index in [1.807, 2.05) is 93.2 Å². The third-order valence-corrected chi connectivity index (χ3v) is 6.90. The number of nitrogens with zero attached hydrogens (tertiary/aromatic N) is 1. The van der Waals surface area contributed by atoms with Crippen molar-refractivity contribution in [1.82, 2.24) is 14.6 Å². The molecule has 2 N–H and O–H groups in total. The van der Waals surface area contributed by atoms with Crippen molar-refractivity contribution in [3.63, 3.8) is 0 Å². The number of nitrogens with one attached hydrogen (secondary N) is 2. The molecule has 2 heterocycles. The van der Waals surface area contributed by atoms with Gasteiger partial charge in [0.25, 0.3) is 5.91 Å². The molecule has 4 rings (SSSR count). The van der Waals surface area contributed by atoms with Gasteiger partial charge in [-0.05, 0) is 68.1 Å². The van der Waals surface area contributed by atoms with Crippen LogP contribution in [0.1, 0.15) is 48.2 Å². The summed E-state index contributed by atoms with van der Waals surface area (Å²) in [6.45, 7) is 6.12. The Hall–Kier alpha value is -3.91. The molecule has 1 atom stereocenters. The average molecular weight is 518 g/mol. The molecule has 1 aromatic heterocycles. The fourth-order valence-corrected chi connectivity index (χ4v) is 4.80. The van der Waals surface area contributed by atoms with Gasteiger partial charge in [0.2, 0.25) is 12.7 Å². The second-order valence-corrected chi connectivity index (χ2v) is 9.86. The van der Waals surface area contributed by atoms with Crippen molar-refractivity contribution in [2.24, 2.45) is 7.05 Å². The number of benzene rings is 2. The van der Waals surface area contributed by atoms with E-state index in [-0.39, 0.29) is 18.6 Å². The Morgan fingerprint density at radius 3 is 2.62 bits per heavy atom. The van der Waals surface area contributed by atoms with Gasteiger partial charge in [0.15, 0.2) is 11.5 Å². The number of carbonyl (C=O) groups is 2. The summed E-state index contributed by atoms with van der Waals surface area (Å²) in [5.74, 6) is 0.351. The lowest BCUT2D eigenvalue weighted by Gasteiger charge is -2.17. The van der Waals surface area contributed by atoms with Gasteiger partial charge in [-0.25, -0.2) is 0 Å². The first kappa shape index (κ1) is 26.2. The van der Waals surface area contributed by atoms with E-state index in [2.05, 4.69) is 10.0 Å². The predicted octanol–water partition coefficient (Wildman–Crippen LogP) is 5.59. The number of aryl methyl sites for hydroxylation is 1. The van der Waals surface area contributed by atoms with Crippen molar-refractivity contribution < 1.29 is 19.1 Å². The number of aromatic nitrogens is 1. The molecule has 1 aliphatic rings. The Morgan fingerprint density at radius 2 is 1.86 bits per heavy atom. The number of rotatable bonds is 8. The summed E-state index contributed by atoms with van der Waals surface area (Å²) in [5.41, 5.74) is 4.17. The molecule has 1 unspecified atom stereocenters. The smallest absolute Gasteiger partial charge is 0.251 e. The molecular formula is C29H31N3O4S. The van der Waals surface area contributed by atoms with Crippen LogP contribution in [0.2, 0.25) is 0 Å². The van der Waals surface area contributed by atoms with Crippen molar-refractivity contribution in [2.45, 2.75) is 26.7 Å². The van der Waals surface area contributed by atoms with Crippen molar-refractivity contribution in [2.75, 3.05) is 13.8 Å². The lowest BCUT2D eigenvalue weighted by molar-refractivity contribution is -0.119. The molecule has 8 heteroatoms. The van der Waals surface area contributed by atoms with E-state index in [0.717, 1.165) is 32.5 Å². The van der Waals surface area contributed by atoms with Crippen molar-refractivity contribution in [3.8, 4) is 11.5 Å². The third-order valence-electron chi connectivity index (χ3n) is 6.14. The summed E-state index contributed by atoms with van der Waals surface area (Å²) in [4.78, 5) is 26.9. The molecular weight excluding hydrogens is 486 g/mol. The van der Waals surface area contributed by atoms with Gasteiger partial charge in [-0.2, -0.15) is 0 Å². The van der Waals surface area contributed by atoms with Gasteiger partial charge >= 0.3 is 0 Å². The Kier molecular flexibility index (Phi) is 8.08. The van der Waals surface area contributed by atoms with Crippen molar-refractivity contribution in [1.29, 1.82) is 0 Å². The summed E-state index contributed by atoms with van der Waals surface area (Å²) in [7, 11) is 3.52. The first-order valence-electron chi connectivity index (χ1n) is 12.0. The van der Waals surface area contributed by atoms with Gasteiger partial charge < -0.3 is 19.4 Å². The number of hydrogen-bond donors (Lipinski definition) is 2. The third kappa shape index (κ3) is 5.75. The molecule has 37 heavy (non-hydrogen) atoms. The van der Waals surface area contributed by atoms with Crippen LogP contribution < -0.4 is 19.5 Å². The highest BCUT2D eigenvalue weighted by Crippen LogP contribution is 2.39. The highest BCUT2D eigenvalue weighted by atomic mass is 32.2. The normalized spacial score (nSPS) is 14.3. The standard InChI is InChI=1S/C29H31N3O4S/c1-6-7-18(2)8-9-19(3)37-31-29(34)27(20-11-13-25-26(15-20)36-17-35-25)23-16-32(5)24-14-21(28(33)30-4)10-12-22(23)24/h6-16,27H,17H2,1-5H3,(H,30,33)(H,31,34)/b7-6-,18-8-,19-9+. The molecule has 0 spiro atoms. The van der Waals surface area contributed by atoms with E-state index < -0.39 is 5.92 Å². The topological polar surface area (TPSA) is 81.6 Å². The maximum atomic E-state index is 13.7. The summed E-state index contributed by atoms with van der Waals surface area (Å²) in [5, 5.41) is 3.56. The van der Waals surface area contributed by atoms with Crippen LogP contribution in [-0.2, 0) is 11.8 Å². The largest absolute Gasteiger partial charge is 0.454 e. The molecule has 2 amide bonds. The minimum atomic E-state index is -0.607. The lowest BCUT2D eigenvalue weighted by Crippen LogP contribution is -2.25. The van der Waals surface area contributed by atoms with Crippen LogP contribution in [0.5, 0.6) is 11.5 Å². The predicted molar refractivity (Wildman–Crippen MR) is 149 cm³/mol. The van der Waals surface area contributed by atoms with Crippen molar-refractivity contribution >= 4 is 34.7 Å². The maximum absolute atomic E-state index is 13.7. The van der Waals surface area contributed by atoms with Gasteiger partial charge in [-0.3, -0.25) is 14.3 Å². The summed E-state index contributed by atoms with van der Waals surface area (Å²) in [6, 6.07) is 11.1. The van der Waals surface area contributed by atoms with Crippen LogP contribution in [0.25, 0.3) is 10.9 Å². The zero-order chi connectivity index (χ0) is 26.5. The first-order chi connectivity index (χ1) is 17.8. The minimum Gasteiger partial charge on any atom is -0.454 e. The highest BCUT2D eigenvalue weighted by Gasteiger charge is 2.28. The number of hydrogen-bond acceptors (Lipinski definition) is 5. The molecule has 0 saturated carbocycles. The van der Waals surface area contributed by atoms with Crippen LogP contribution in [0.15, 0.2) is 77.4 Å². The minimum absolute atomic E-state index is 0.159. The van der Waals surface area contributed by atoms with Gasteiger partial charge in [0.1, 0.15) is 0 Å². The molecule has 2 aromatic carbocycles. The monoisotopic (exact) mass is 517 g/mol. The lowest BCUT2D eigenvalue weighted by atomic mass is 9.90.